The highest BCUT2D eigenvalue weighted by molar-refractivity contribution is 7.99. The third-order valence-electron chi connectivity index (χ3n) is 3.65. The third kappa shape index (κ3) is 2.90. The van der Waals surface area contributed by atoms with Gasteiger partial charge in [0, 0.05) is 11.9 Å². The van der Waals surface area contributed by atoms with Crippen LogP contribution in [0.2, 0.25) is 0 Å². The maximum Gasteiger partial charge on any atom is 0.167 e. The average molecular weight is 336 g/mol. The number of nitrogens with zero attached hydrogens (tertiary/aromatic N) is 6. The minimum atomic E-state index is 0.827. The minimum absolute atomic E-state index is 0.827. The van der Waals surface area contributed by atoms with E-state index in [9.17, 15) is 0 Å². The van der Waals surface area contributed by atoms with Gasteiger partial charge in [-0.25, -0.2) is 14.6 Å². The van der Waals surface area contributed by atoms with E-state index in [4.69, 9.17) is 0 Å². The van der Waals surface area contributed by atoms with Crippen molar-refractivity contribution in [2.75, 3.05) is 5.75 Å². The van der Waals surface area contributed by atoms with E-state index in [0.717, 1.165) is 34.0 Å². The molecule has 3 heterocycles. The van der Waals surface area contributed by atoms with Crippen molar-refractivity contribution >= 4 is 22.8 Å². The Bertz CT molecular complexity index is 960. The van der Waals surface area contributed by atoms with Gasteiger partial charge in [0.25, 0.3) is 0 Å². The molecule has 0 spiro atoms. The topological polar surface area (TPSA) is 61.4 Å². The van der Waals surface area contributed by atoms with Crippen LogP contribution in [0, 0.1) is 6.92 Å². The number of aromatic nitrogens is 6. The second kappa shape index (κ2) is 6.45. The van der Waals surface area contributed by atoms with Crippen LogP contribution in [0.1, 0.15) is 5.56 Å². The number of benzene rings is 1. The molecule has 6 nitrogen and oxygen atoms in total. The van der Waals surface area contributed by atoms with Gasteiger partial charge in [0.15, 0.2) is 5.65 Å². The van der Waals surface area contributed by atoms with Crippen LogP contribution in [0.4, 0.5) is 0 Å². The van der Waals surface area contributed by atoms with E-state index in [1.54, 1.807) is 18.1 Å². The maximum atomic E-state index is 4.48. The molecule has 4 aromatic rings. The Labute approximate surface area is 143 Å². The molecule has 1 aromatic carbocycles. The first-order chi connectivity index (χ1) is 11.8. The van der Waals surface area contributed by atoms with Gasteiger partial charge in [0.2, 0.25) is 0 Å². The van der Waals surface area contributed by atoms with Crippen molar-refractivity contribution in [2.45, 2.75) is 18.5 Å². The lowest BCUT2D eigenvalue weighted by molar-refractivity contribution is 0.666. The number of fused-ring (bicyclic) bond motifs is 1. The molecule has 24 heavy (non-hydrogen) atoms. The van der Waals surface area contributed by atoms with Crippen LogP contribution in [0.3, 0.4) is 0 Å². The van der Waals surface area contributed by atoms with Gasteiger partial charge >= 0.3 is 0 Å². The second-order valence-electron chi connectivity index (χ2n) is 5.44. The summed E-state index contributed by atoms with van der Waals surface area (Å²) in [7, 11) is 0. The summed E-state index contributed by atoms with van der Waals surface area (Å²) in [6.45, 7) is 2.89. The molecule has 0 atom stereocenters. The lowest BCUT2D eigenvalue weighted by Crippen LogP contribution is -2.01. The fourth-order valence-corrected chi connectivity index (χ4v) is 3.41. The smallest absolute Gasteiger partial charge is 0.167 e. The molecule has 0 saturated carbocycles. The fraction of sp³-hybridized carbons (Fsp3) is 0.176. The summed E-state index contributed by atoms with van der Waals surface area (Å²) < 4.78 is 3.80. The van der Waals surface area contributed by atoms with E-state index in [0.29, 0.717) is 0 Å². The lowest BCUT2D eigenvalue weighted by Gasteiger charge is -2.04. The van der Waals surface area contributed by atoms with Crippen molar-refractivity contribution in [3.8, 4) is 5.69 Å². The summed E-state index contributed by atoms with van der Waals surface area (Å²) in [5.41, 5.74) is 3.00. The second-order valence-corrected chi connectivity index (χ2v) is 6.52. The summed E-state index contributed by atoms with van der Waals surface area (Å²) in [6, 6.07) is 10.0. The van der Waals surface area contributed by atoms with Gasteiger partial charge in [-0.3, -0.25) is 4.68 Å². The van der Waals surface area contributed by atoms with Crippen molar-refractivity contribution < 1.29 is 0 Å². The summed E-state index contributed by atoms with van der Waals surface area (Å²) in [4.78, 5) is 8.83. The number of rotatable bonds is 5. The van der Waals surface area contributed by atoms with Crippen molar-refractivity contribution in [1.29, 1.82) is 0 Å². The van der Waals surface area contributed by atoms with Gasteiger partial charge < -0.3 is 0 Å². The molecule has 0 aliphatic carbocycles. The first-order valence-electron chi connectivity index (χ1n) is 7.67. The molecule has 0 amide bonds. The van der Waals surface area contributed by atoms with Crippen molar-refractivity contribution in [3.63, 3.8) is 0 Å². The van der Waals surface area contributed by atoms with Gasteiger partial charge in [-0.15, -0.1) is 11.8 Å². The van der Waals surface area contributed by atoms with Crippen LogP contribution in [-0.4, -0.2) is 35.3 Å². The maximum absolute atomic E-state index is 4.48. The molecule has 0 unspecified atom stereocenters. The predicted octanol–water partition coefficient (Wildman–Crippen LogP) is 3.11. The first-order valence-corrected chi connectivity index (χ1v) is 8.66. The largest absolute Gasteiger partial charge is 0.272 e. The van der Waals surface area contributed by atoms with Crippen LogP contribution in [-0.2, 0) is 6.54 Å². The van der Waals surface area contributed by atoms with E-state index in [2.05, 4.69) is 20.2 Å². The van der Waals surface area contributed by atoms with Gasteiger partial charge in [0.05, 0.1) is 30.0 Å². The molecule has 0 fully saturated rings. The molecule has 4 rings (SSSR count). The van der Waals surface area contributed by atoms with Crippen molar-refractivity contribution in [3.05, 3.63) is 60.8 Å². The summed E-state index contributed by atoms with van der Waals surface area (Å²) in [5.74, 6) is 0.893. The molecule has 0 N–H and O–H groups in total. The zero-order valence-electron chi connectivity index (χ0n) is 13.2. The highest BCUT2D eigenvalue weighted by Gasteiger charge is 2.11. The Hall–Kier alpha value is -2.67. The molecule has 7 heteroatoms. The first kappa shape index (κ1) is 14.9. The lowest BCUT2D eigenvalue weighted by atomic mass is 10.3. The number of hydrogen-bond acceptors (Lipinski definition) is 5. The van der Waals surface area contributed by atoms with E-state index < -0.39 is 0 Å². The summed E-state index contributed by atoms with van der Waals surface area (Å²) >= 11 is 1.70. The Morgan fingerprint density at radius 1 is 1.04 bits per heavy atom. The van der Waals surface area contributed by atoms with Crippen molar-refractivity contribution in [1.82, 2.24) is 29.5 Å². The van der Waals surface area contributed by atoms with Crippen LogP contribution in [0.5, 0.6) is 0 Å². The zero-order chi connectivity index (χ0) is 16.4. The highest BCUT2D eigenvalue weighted by Crippen LogP contribution is 2.25. The fourth-order valence-electron chi connectivity index (χ4n) is 2.52. The molecule has 0 bridgehead atoms. The highest BCUT2D eigenvalue weighted by atomic mass is 32.2. The molecule has 0 aliphatic rings. The van der Waals surface area contributed by atoms with Crippen LogP contribution >= 0.6 is 11.8 Å². The Kier molecular flexibility index (Phi) is 4.00. The molecule has 3 aromatic heterocycles. The minimum Gasteiger partial charge on any atom is -0.272 e. The quantitative estimate of drug-likeness (QED) is 0.414. The molecular weight excluding hydrogens is 320 g/mol. The molecular formula is C17H16N6S. The van der Waals surface area contributed by atoms with Crippen LogP contribution in [0.25, 0.3) is 16.7 Å². The van der Waals surface area contributed by atoms with Crippen LogP contribution in [0.15, 0.2) is 60.3 Å². The summed E-state index contributed by atoms with van der Waals surface area (Å²) in [5, 5.41) is 10.7. The average Bonchev–Trinajstić information content (AvgIpc) is 3.22. The number of aryl methyl sites for hydroxylation is 2. The number of para-hydroxylation sites is 1. The Morgan fingerprint density at radius 2 is 1.92 bits per heavy atom. The molecule has 0 saturated heterocycles. The van der Waals surface area contributed by atoms with Gasteiger partial charge in [-0.05, 0) is 24.6 Å². The monoisotopic (exact) mass is 336 g/mol. The van der Waals surface area contributed by atoms with E-state index >= 15 is 0 Å². The predicted molar refractivity (Wildman–Crippen MR) is 94.3 cm³/mol. The molecule has 0 radical (unpaired) electrons. The van der Waals surface area contributed by atoms with E-state index in [1.165, 1.54) is 5.56 Å². The van der Waals surface area contributed by atoms with Crippen molar-refractivity contribution in [2.24, 2.45) is 0 Å². The van der Waals surface area contributed by atoms with Gasteiger partial charge in [-0.2, -0.15) is 10.2 Å². The molecule has 0 aliphatic heterocycles. The standard InChI is InChI=1S/C17H16N6S/c1-13-9-20-22(11-13)7-8-24-17-15-10-21-23(16(15)18-12-19-17)14-5-3-2-4-6-14/h2-6,9-12H,7-8H2,1H3. The van der Waals surface area contributed by atoms with Gasteiger partial charge in [0.1, 0.15) is 11.4 Å². The third-order valence-corrected chi connectivity index (χ3v) is 4.64. The Balaban J connectivity index is 1.57. The normalized spacial score (nSPS) is 11.2. The Morgan fingerprint density at radius 3 is 2.71 bits per heavy atom. The van der Waals surface area contributed by atoms with Crippen LogP contribution < -0.4 is 0 Å². The van der Waals surface area contributed by atoms with E-state index in [-0.39, 0.29) is 0 Å². The van der Waals surface area contributed by atoms with Gasteiger partial charge in [-0.1, -0.05) is 18.2 Å². The van der Waals surface area contributed by atoms with E-state index in [1.807, 2.05) is 65.2 Å². The number of hydrogen-bond donors (Lipinski definition) is 0. The molecule has 120 valence electrons. The summed E-state index contributed by atoms with van der Waals surface area (Å²) in [6.07, 6.45) is 7.35. The number of thioether (sulfide) groups is 1. The SMILES string of the molecule is Cc1cnn(CCSc2ncnc3c2cnn3-c2ccccc2)c1. The zero-order valence-corrected chi connectivity index (χ0v) is 14.0.